The minimum absolute atomic E-state index is 0.00816. The van der Waals surface area contributed by atoms with Gasteiger partial charge in [0, 0.05) is 31.2 Å². The van der Waals surface area contributed by atoms with Gasteiger partial charge in [-0.2, -0.15) is 10.2 Å². The fourth-order valence-corrected chi connectivity index (χ4v) is 3.23. The maximum absolute atomic E-state index is 13.0. The Morgan fingerprint density at radius 1 is 1.45 bits per heavy atom. The van der Waals surface area contributed by atoms with Crippen molar-refractivity contribution in [3.05, 3.63) is 35.5 Å². The van der Waals surface area contributed by atoms with Gasteiger partial charge >= 0.3 is 0 Å². The second kappa shape index (κ2) is 9.95. The summed E-state index contributed by atoms with van der Waals surface area (Å²) >= 11 is 0. The summed E-state index contributed by atoms with van der Waals surface area (Å²) in [6.07, 6.45) is 2.16. The minimum Gasteiger partial charge on any atom is -0.490 e. The highest BCUT2D eigenvalue weighted by atomic mass is 16.5. The lowest BCUT2D eigenvalue weighted by Crippen LogP contribution is -2.32. The number of nitrogens with zero attached hydrogens (tertiary/aromatic N) is 5. The molecule has 164 valence electrons. The molecule has 10 nitrogen and oxygen atoms in total. The standard InChI is InChI=1S/C21H27N7O3/c1-27(2)8-9-31-18-10-14(4-5-17(18)23)20(29)28-7-6-16(13-28)25-21-24-12-15(11-22)19(26-21)30-3/h4-5,10,12,16H,6-9,13,23H2,1-3H3,(H,24,25,26). The molecule has 0 saturated carbocycles. The first-order chi connectivity index (χ1) is 14.9. The van der Waals surface area contributed by atoms with Crippen LogP contribution >= 0.6 is 0 Å². The number of nitrogens with two attached hydrogens (primary N) is 1. The molecule has 1 atom stereocenters. The number of amides is 1. The number of anilines is 2. The molecule has 1 unspecified atom stereocenters. The van der Waals surface area contributed by atoms with Gasteiger partial charge in [0.25, 0.3) is 5.91 Å². The maximum Gasteiger partial charge on any atom is 0.254 e. The van der Waals surface area contributed by atoms with Crippen molar-refractivity contribution in [1.29, 1.82) is 5.26 Å². The Morgan fingerprint density at radius 2 is 2.26 bits per heavy atom. The monoisotopic (exact) mass is 425 g/mol. The van der Waals surface area contributed by atoms with E-state index >= 15 is 0 Å². The number of carbonyl (C=O) groups is 1. The molecule has 1 fully saturated rings. The average Bonchev–Trinajstić information content (AvgIpc) is 3.22. The molecule has 31 heavy (non-hydrogen) atoms. The van der Waals surface area contributed by atoms with Crippen molar-refractivity contribution in [2.24, 2.45) is 0 Å². The van der Waals surface area contributed by atoms with Gasteiger partial charge in [-0.05, 0) is 38.7 Å². The molecule has 1 amide bonds. The smallest absolute Gasteiger partial charge is 0.254 e. The zero-order valence-electron chi connectivity index (χ0n) is 18.0. The van der Waals surface area contributed by atoms with Crippen LogP contribution in [0.15, 0.2) is 24.4 Å². The predicted octanol–water partition coefficient (Wildman–Crippen LogP) is 1.21. The van der Waals surface area contributed by atoms with Crippen LogP contribution < -0.4 is 20.5 Å². The third kappa shape index (κ3) is 5.52. The number of likely N-dealkylation sites (N-methyl/N-ethyl adjacent to an activating group) is 1. The van der Waals surface area contributed by atoms with Gasteiger partial charge in [-0.3, -0.25) is 4.79 Å². The van der Waals surface area contributed by atoms with Crippen LogP contribution in [0.4, 0.5) is 11.6 Å². The summed E-state index contributed by atoms with van der Waals surface area (Å²) in [4.78, 5) is 25.1. The number of likely N-dealkylation sites (tertiary alicyclic amines) is 1. The van der Waals surface area contributed by atoms with Crippen molar-refractivity contribution < 1.29 is 14.3 Å². The molecular weight excluding hydrogens is 398 g/mol. The van der Waals surface area contributed by atoms with E-state index < -0.39 is 0 Å². The minimum atomic E-state index is -0.0833. The Morgan fingerprint density at radius 3 is 2.97 bits per heavy atom. The summed E-state index contributed by atoms with van der Waals surface area (Å²) in [5, 5.41) is 12.3. The number of aromatic nitrogens is 2. The second-order valence-electron chi connectivity index (χ2n) is 7.51. The molecule has 10 heteroatoms. The number of nitrogen functional groups attached to an aromatic ring is 1. The normalized spacial score (nSPS) is 15.6. The number of hydrogen-bond acceptors (Lipinski definition) is 9. The van der Waals surface area contributed by atoms with E-state index in [2.05, 4.69) is 15.3 Å². The second-order valence-corrected chi connectivity index (χ2v) is 7.51. The Labute approximate surface area is 181 Å². The highest BCUT2D eigenvalue weighted by molar-refractivity contribution is 5.95. The van der Waals surface area contributed by atoms with Crippen molar-refractivity contribution in [3.63, 3.8) is 0 Å². The number of carbonyl (C=O) groups excluding carboxylic acids is 1. The molecule has 3 N–H and O–H groups in total. The quantitative estimate of drug-likeness (QED) is 0.599. The van der Waals surface area contributed by atoms with Crippen LogP contribution in [0.5, 0.6) is 11.6 Å². The van der Waals surface area contributed by atoms with Crippen LogP contribution in [0.2, 0.25) is 0 Å². The highest BCUT2D eigenvalue weighted by Gasteiger charge is 2.28. The number of hydrogen-bond donors (Lipinski definition) is 2. The summed E-state index contributed by atoms with van der Waals surface area (Å²) in [7, 11) is 5.38. The molecule has 0 aliphatic carbocycles. The highest BCUT2D eigenvalue weighted by Crippen LogP contribution is 2.25. The van der Waals surface area contributed by atoms with E-state index in [9.17, 15) is 4.79 Å². The number of nitrogens with one attached hydrogen (secondary N) is 1. The topological polar surface area (TPSA) is 130 Å². The Hall–Kier alpha value is -3.58. The molecule has 0 radical (unpaired) electrons. The Bertz CT molecular complexity index is 974. The van der Waals surface area contributed by atoms with Crippen molar-refractivity contribution in [2.45, 2.75) is 12.5 Å². The lowest BCUT2D eigenvalue weighted by Gasteiger charge is -2.18. The van der Waals surface area contributed by atoms with Crippen molar-refractivity contribution >= 4 is 17.5 Å². The van der Waals surface area contributed by atoms with Crippen LogP contribution in [0.1, 0.15) is 22.3 Å². The van der Waals surface area contributed by atoms with E-state index in [-0.39, 0.29) is 23.4 Å². The molecule has 1 aliphatic heterocycles. The van der Waals surface area contributed by atoms with Crippen molar-refractivity contribution in [1.82, 2.24) is 19.8 Å². The first kappa shape index (κ1) is 22.1. The fourth-order valence-electron chi connectivity index (χ4n) is 3.23. The number of ether oxygens (including phenoxy) is 2. The maximum atomic E-state index is 13.0. The molecule has 1 saturated heterocycles. The molecule has 0 spiro atoms. The number of nitriles is 1. The molecule has 2 aromatic rings. The van der Waals surface area contributed by atoms with E-state index in [0.717, 1.165) is 13.0 Å². The molecule has 1 aromatic heterocycles. The average molecular weight is 425 g/mol. The van der Waals surface area contributed by atoms with Gasteiger partial charge < -0.3 is 30.3 Å². The zero-order valence-corrected chi connectivity index (χ0v) is 18.0. The van der Waals surface area contributed by atoms with Crippen LogP contribution in [0, 0.1) is 11.3 Å². The lowest BCUT2D eigenvalue weighted by molar-refractivity contribution is 0.0791. The van der Waals surface area contributed by atoms with E-state index in [1.165, 1.54) is 13.3 Å². The van der Waals surface area contributed by atoms with Gasteiger partial charge in [0.05, 0.1) is 19.0 Å². The van der Waals surface area contributed by atoms with E-state index in [1.807, 2.05) is 25.1 Å². The first-order valence-corrected chi connectivity index (χ1v) is 9.95. The van der Waals surface area contributed by atoms with Crippen molar-refractivity contribution in [2.75, 3.05) is 58.5 Å². The first-order valence-electron chi connectivity index (χ1n) is 9.95. The summed E-state index contributed by atoms with van der Waals surface area (Å²) in [6.45, 7) is 2.34. The molecule has 2 heterocycles. The predicted molar refractivity (Wildman–Crippen MR) is 116 cm³/mol. The van der Waals surface area contributed by atoms with Gasteiger partial charge in [-0.15, -0.1) is 0 Å². The van der Waals surface area contributed by atoms with Crippen LogP contribution in [-0.4, -0.2) is 79.2 Å². The van der Waals surface area contributed by atoms with Gasteiger partial charge in [0.1, 0.15) is 24.0 Å². The van der Waals surface area contributed by atoms with Gasteiger partial charge in [0.2, 0.25) is 11.8 Å². The molecule has 1 aromatic carbocycles. The number of rotatable bonds is 8. The summed E-state index contributed by atoms with van der Waals surface area (Å²) in [5.74, 6) is 1.01. The summed E-state index contributed by atoms with van der Waals surface area (Å²) in [5.41, 5.74) is 7.30. The van der Waals surface area contributed by atoms with Crippen LogP contribution in [0.25, 0.3) is 0 Å². The molecule has 0 bridgehead atoms. The molecule has 3 rings (SSSR count). The SMILES string of the molecule is COc1nc(NC2CCN(C(=O)c3ccc(N)c(OCCN(C)C)c3)C2)ncc1C#N. The number of benzene rings is 1. The summed E-state index contributed by atoms with van der Waals surface area (Å²) < 4.78 is 10.9. The van der Waals surface area contributed by atoms with Crippen molar-refractivity contribution in [3.8, 4) is 17.7 Å². The zero-order chi connectivity index (χ0) is 22.4. The Balaban J connectivity index is 1.62. The third-order valence-electron chi connectivity index (χ3n) is 4.93. The fraction of sp³-hybridized carbons (Fsp3) is 0.429. The third-order valence-corrected chi connectivity index (χ3v) is 4.93. The summed E-state index contributed by atoms with van der Waals surface area (Å²) in [6, 6.07) is 7.08. The van der Waals surface area contributed by atoms with Gasteiger partial charge in [-0.1, -0.05) is 0 Å². The molecular formula is C21H27N7O3. The molecule has 1 aliphatic rings. The number of methoxy groups -OCH3 is 1. The van der Waals surface area contributed by atoms with Gasteiger partial charge in [-0.25, -0.2) is 4.98 Å². The van der Waals surface area contributed by atoms with E-state index in [1.54, 1.807) is 23.1 Å². The Kier molecular flexibility index (Phi) is 7.10. The van der Waals surface area contributed by atoms with E-state index in [0.29, 0.717) is 42.6 Å². The van der Waals surface area contributed by atoms with E-state index in [4.69, 9.17) is 20.5 Å². The lowest BCUT2D eigenvalue weighted by atomic mass is 10.1. The largest absolute Gasteiger partial charge is 0.490 e. The van der Waals surface area contributed by atoms with Crippen LogP contribution in [-0.2, 0) is 0 Å². The van der Waals surface area contributed by atoms with Crippen LogP contribution in [0.3, 0.4) is 0 Å². The van der Waals surface area contributed by atoms with Gasteiger partial charge in [0.15, 0.2) is 0 Å².